The van der Waals surface area contributed by atoms with Gasteiger partial charge in [-0.05, 0) is 55.7 Å². The van der Waals surface area contributed by atoms with Crippen LogP contribution in [0.1, 0.15) is 49.1 Å². The van der Waals surface area contributed by atoms with Crippen LogP contribution in [-0.2, 0) is 11.3 Å². The summed E-state index contributed by atoms with van der Waals surface area (Å²) in [7, 11) is 0. The van der Waals surface area contributed by atoms with Crippen LogP contribution >= 0.6 is 0 Å². The molecule has 3 heteroatoms. The molecular weight excluding hydrogens is 260 g/mol. The van der Waals surface area contributed by atoms with E-state index in [1.807, 2.05) is 0 Å². The maximum absolute atomic E-state index is 5.86. The molecule has 3 rings (SSSR count). The molecule has 116 valence electrons. The average molecular weight is 288 g/mol. The molecule has 1 aliphatic heterocycles. The van der Waals surface area contributed by atoms with Crippen molar-refractivity contribution in [2.45, 2.75) is 50.7 Å². The van der Waals surface area contributed by atoms with E-state index in [0.29, 0.717) is 6.10 Å². The molecule has 2 fully saturated rings. The van der Waals surface area contributed by atoms with E-state index in [4.69, 9.17) is 10.5 Å². The number of likely N-dealkylation sites (tertiary alicyclic amines) is 1. The summed E-state index contributed by atoms with van der Waals surface area (Å²) >= 11 is 0. The van der Waals surface area contributed by atoms with Crippen molar-refractivity contribution in [3.8, 4) is 0 Å². The van der Waals surface area contributed by atoms with Crippen LogP contribution in [0.25, 0.3) is 0 Å². The van der Waals surface area contributed by atoms with Crippen molar-refractivity contribution >= 4 is 0 Å². The minimum absolute atomic E-state index is 0.449. The lowest BCUT2D eigenvalue weighted by atomic mass is 10.0. The Morgan fingerprint density at radius 1 is 1.05 bits per heavy atom. The van der Waals surface area contributed by atoms with E-state index in [2.05, 4.69) is 29.2 Å². The first-order valence-electron chi connectivity index (χ1n) is 8.48. The molecular formula is C18H28N2O. The summed E-state index contributed by atoms with van der Waals surface area (Å²) in [5.41, 5.74) is 8.48. The van der Waals surface area contributed by atoms with Crippen molar-refractivity contribution in [2.75, 3.05) is 26.2 Å². The quantitative estimate of drug-likeness (QED) is 0.784. The molecule has 1 saturated heterocycles. The Morgan fingerprint density at radius 2 is 1.76 bits per heavy atom. The first kappa shape index (κ1) is 15.0. The molecule has 0 bridgehead atoms. The van der Waals surface area contributed by atoms with Gasteiger partial charge in [0.1, 0.15) is 0 Å². The smallest absolute Gasteiger partial charge is 0.0599 e. The molecule has 1 aromatic rings. The van der Waals surface area contributed by atoms with Crippen molar-refractivity contribution in [3.05, 3.63) is 35.4 Å². The van der Waals surface area contributed by atoms with Crippen LogP contribution in [0.4, 0.5) is 0 Å². The highest BCUT2D eigenvalue weighted by atomic mass is 16.5. The molecule has 1 aromatic carbocycles. The lowest BCUT2D eigenvalue weighted by Crippen LogP contribution is -2.36. The molecule has 2 N–H and O–H groups in total. The van der Waals surface area contributed by atoms with E-state index in [0.717, 1.165) is 58.0 Å². The summed E-state index contributed by atoms with van der Waals surface area (Å²) in [5, 5.41) is 0. The maximum Gasteiger partial charge on any atom is 0.0599 e. The van der Waals surface area contributed by atoms with Gasteiger partial charge in [0.05, 0.1) is 6.10 Å². The molecule has 0 radical (unpaired) electrons. The molecule has 0 amide bonds. The lowest BCUT2D eigenvalue weighted by Gasteiger charge is -2.32. The molecule has 0 spiro atoms. The van der Waals surface area contributed by atoms with Crippen LogP contribution in [-0.4, -0.2) is 37.2 Å². The van der Waals surface area contributed by atoms with Gasteiger partial charge < -0.3 is 10.5 Å². The number of ether oxygens (including phenoxy) is 1. The second-order valence-electron chi connectivity index (χ2n) is 6.50. The number of nitrogens with zero attached hydrogens (tertiary/aromatic N) is 1. The van der Waals surface area contributed by atoms with E-state index >= 15 is 0 Å². The SMILES string of the molecule is NCCCOC1CCN(Cc2ccc(C3CC3)cc2)CC1. The average Bonchev–Trinajstić information content (AvgIpc) is 3.35. The minimum atomic E-state index is 0.449. The van der Waals surface area contributed by atoms with Gasteiger partial charge >= 0.3 is 0 Å². The second kappa shape index (κ2) is 7.39. The molecule has 1 heterocycles. The summed E-state index contributed by atoms with van der Waals surface area (Å²) < 4.78 is 5.86. The molecule has 21 heavy (non-hydrogen) atoms. The predicted molar refractivity (Wildman–Crippen MR) is 86.3 cm³/mol. The Morgan fingerprint density at radius 3 is 2.38 bits per heavy atom. The van der Waals surface area contributed by atoms with E-state index in [1.165, 1.54) is 24.0 Å². The van der Waals surface area contributed by atoms with Crippen molar-refractivity contribution in [1.82, 2.24) is 4.90 Å². The number of hydrogen-bond acceptors (Lipinski definition) is 3. The van der Waals surface area contributed by atoms with Gasteiger partial charge in [-0.1, -0.05) is 24.3 Å². The molecule has 1 aliphatic carbocycles. The third-order valence-electron chi connectivity index (χ3n) is 4.67. The summed E-state index contributed by atoms with van der Waals surface area (Å²) in [6, 6.07) is 9.29. The van der Waals surface area contributed by atoms with Crippen molar-refractivity contribution < 1.29 is 4.74 Å². The van der Waals surface area contributed by atoms with Crippen LogP contribution in [0.2, 0.25) is 0 Å². The zero-order valence-corrected chi connectivity index (χ0v) is 13.0. The van der Waals surface area contributed by atoms with Crippen LogP contribution in [0, 0.1) is 0 Å². The Balaban J connectivity index is 1.40. The fraction of sp³-hybridized carbons (Fsp3) is 0.667. The summed E-state index contributed by atoms with van der Waals surface area (Å²) in [4.78, 5) is 2.55. The van der Waals surface area contributed by atoms with Gasteiger partial charge in [0.25, 0.3) is 0 Å². The maximum atomic E-state index is 5.86. The highest BCUT2D eigenvalue weighted by Gasteiger charge is 2.23. The zero-order valence-electron chi connectivity index (χ0n) is 13.0. The van der Waals surface area contributed by atoms with Crippen LogP contribution < -0.4 is 5.73 Å². The predicted octanol–water partition coefficient (Wildman–Crippen LogP) is 2.89. The highest BCUT2D eigenvalue weighted by molar-refractivity contribution is 5.28. The number of rotatable bonds is 7. The summed E-state index contributed by atoms with van der Waals surface area (Å²) in [6.45, 7) is 4.94. The van der Waals surface area contributed by atoms with Gasteiger partial charge in [-0.2, -0.15) is 0 Å². The van der Waals surface area contributed by atoms with Gasteiger partial charge in [-0.3, -0.25) is 4.90 Å². The first-order chi connectivity index (χ1) is 10.3. The zero-order chi connectivity index (χ0) is 14.5. The van der Waals surface area contributed by atoms with Gasteiger partial charge in [-0.15, -0.1) is 0 Å². The van der Waals surface area contributed by atoms with Crippen LogP contribution in [0.5, 0.6) is 0 Å². The van der Waals surface area contributed by atoms with Crippen LogP contribution in [0.3, 0.4) is 0 Å². The topological polar surface area (TPSA) is 38.5 Å². The minimum Gasteiger partial charge on any atom is -0.378 e. The molecule has 1 saturated carbocycles. The third kappa shape index (κ3) is 4.53. The number of benzene rings is 1. The summed E-state index contributed by atoms with van der Waals surface area (Å²) in [5.74, 6) is 0.862. The van der Waals surface area contributed by atoms with Crippen molar-refractivity contribution in [1.29, 1.82) is 0 Å². The first-order valence-corrected chi connectivity index (χ1v) is 8.48. The van der Waals surface area contributed by atoms with Gasteiger partial charge in [0.15, 0.2) is 0 Å². The van der Waals surface area contributed by atoms with Crippen molar-refractivity contribution in [3.63, 3.8) is 0 Å². The Kier molecular flexibility index (Phi) is 5.28. The van der Waals surface area contributed by atoms with Gasteiger partial charge in [-0.25, -0.2) is 0 Å². The molecule has 2 aliphatic rings. The highest BCUT2D eigenvalue weighted by Crippen LogP contribution is 2.39. The van der Waals surface area contributed by atoms with E-state index < -0.39 is 0 Å². The van der Waals surface area contributed by atoms with E-state index in [9.17, 15) is 0 Å². The standard InChI is InChI=1S/C18H28N2O/c19-10-1-13-21-18-8-11-20(12-9-18)14-15-2-4-16(5-3-15)17-6-7-17/h2-5,17-18H,1,6-14,19H2. The van der Waals surface area contributed by atoms with Crippen LogP contribution in [0.15, 0.2) is 24.3 Å². The van der Waals surface area contributed by atoms with E-state index in [-0.39, 0.29) is 0 Å². The second-order valence-corrected chi connectivity index (χ2v) is 6.50. The normalized spacial score (nSPS) is 20.8. The van der Waals surface area contributed by atoms with E-state index in [1.54, 1.807) is 0 Å². The molecule has 0 atom stereocenters. The monoisotopic (exact) mass is 288 g/mol. The molecule has 0 aromatic heterocycles. The Labute approximate surface area is 128 Å². The Hall–Kier alpha value is -0.900. The Bertz CT molecular complexity index is 419. The molecule has 3 nitrogen and oxygen atoms in total. The largest absolute Gasteiger partial charge is 0.378 e. The lowest BCUT2D eigenvalue weighted by molar-refractivity contribution is 0.00563. The number of nitrogens with two attached hydrogens (primary N) is 1. The number of piperidine rings is 1. The third-order valence-corrected chi connectivity index (χ3v) is 4.67. The number of hydrogen-bond donors (Lipinski definition) is 1. The summed E-state index contributed by atoms with van der Waals surface area (Å²) in [6.07, 6.45) is 6.52. The molecule has 0 unspecified atom stereocenters. The fourth-order valence-electron chi connectivity index (χ4n) is 3.14. The van der Waals surface area contributed by atoms with Crippen molar-refractivity contribution in [2.24, 2.45) is 5.73 Å². The van der Waals surface area contributed by atoms with Gasteiger partial charge in [0.2, 0.25) is 0 Å². The fourth-order valence-corrected chi connectivity index (χ4v) is 3.14. The van der Waals surface area contributed by atoms with Gasteiger partial charge in [0, 0.05) is 26.2 Å².